The second-order valence-corrected chi connectivity index (χ2v) is 5.53. The van der Waals surface area contributed by atoms with Gasteiger partial charge in [0.25, 0.3) is 0 Å². The second-order valence-electron chi connectivity index (χ2n) is 4.16. The van der Waals surface area contributed by atoms with Gasteiger partial charge >= 0.3 is 0 Å². The molecule has 0 atom stereocenters. The number of nitrogens with zero attached hydrogens (tertiary/aromatic N) is 1. The zero-order chi connectivity index (χ0) is 13.5. The molecular formula is C14H17ClN2OS. The Balaban J connectivity index is 1.83. The lowest BCUT2D eigenvalue weighted by molar-refractivity contribution is 0.302. The molecule has 0 saturated carbocycles. The van der Waals surface area contributed by atoms with E-state index in [1.807, 2.05) is 23.6 Å². The van der Waals surface area contributed by atoms with Crippen LogP contribution in [-0.4, -0.2) is 11.5 Å². The predicted octanol–water partition coefficient (Wildman–Crippen LogP) is 3.88. The van der Waals surface area contributed by atoms with Crippen LogP contribution < -0.4 is 10.1 Å². The van der Waals surface area contributed by atoms with E-state index < -0.39 is 0 Å². The second kappa shape index (κ2) is 7.48. The molecule has 0 saturated heterocycles. The minimum atomic E-state index is 0.477. The molecule has 0 fully saturated rings. The van der Waals surface area contributed by atoms with Crippen LogP contribution in [-0.2, 0) is 13.2 Å². The highest BCUT2D eigenvalue weighted by molar-refractivity contribution is 7.09. The minimum absolute atomic E-state index is 0.477. The predicted molar refractivity (Wildman–Crippen MR) is 79.9 cm³/mol. The first-order valence-electron chi connectivity index (χ1n) is 6.30. The average molecular weight is 297 g/mol. The molecule has 0 spiro atoms. The summed E-state index contributed by atoms with van der Waals surface area (Å²) in [7, 11) is 0. The molecule has 5 heteroatoms. The van der Waals surface area contributed by atoms with Gasteiger partial charge in [0.15, 0.2) is 0 Å². The number of aromatic nitrogens is 1. The van der Waals surface area contributed by atoms with E-state index in [0.717, 1.165) is 36.0 Å². The highest BCUT2D eigenvalue weighted by Gasteiger charge is 2.03. The number of halogens is 1. The van der Waals surface area contributed by atoms with Crippen LogP contribution in [0, 0.1) is 0 Å². The van der Waals surface area contributed by atoms with Crippen molar-refractivity contribution in [3.63, 3.8) is 0 Å². The molecule has 3 nitrogen and oxygen atoms in total. The number of rotatable bonds is 7. The van der Waals surface area contributed by atoms with Crippen LogP contribution in [0.3, 0.4) is 0 Å². The topological polar surface area (TPSA) is 34.2 Å². The Kier molecular flexibility index (Phi) is 5.63. The van der Waals surface area contributed by atoms with E-state index in [4.69, 9.17) is 16.3 Å². The lowest BCUT2D eigenvalue weighted by Crippen LogP contribution is -2.13. The summed E-state index contributed by atoms with van der Waals surface area (Å²) in [5, 5.41) is 7.15. The number of hydrogen-bond donors (Lipinski definition) is 1. The van der Waals surface area contributed by atoms with Crippen molar-refractivity contribution in [1.29, 1.82) is 0 Å². The highest BCUT2D eigenvalue weighted by Crippen LogP contribution is 2.19. The maximum absolute atomic E-state index is 5.90. The van der Waals surface area contributed by atoms with Gasteiger partial charge in [-0.2, -0.15) is 0 Å². The first kappa shape index (κ1) is 14.3. The summed E-state index contributed by atoms with van der Waals surface area (Å²) in [5.74, 6) is 0.770. The van der Waals surface area contributed by atoms with Crippen molar-refractivity contribution in [3.05, 3.63) is 45.4 Å². The van der Waals surface area contributed by atoms with E-state index in [0.29, 0.717) is 11.6 Å². The summed E-state index contributed by atoms with van der Waals surface area (Å²) in [6, 6.07) is 7.40. The SMILES string of the molecule is CCCNCc1nc(COc2cccc(Cl)c2)cs1. The first-order valence-corrected chi connectivity index (χ1v) is 7.56. The first-order chi connectivity index (χ1) is 9.28. The monoisotopic (exact) mass is 296 g/mol. The molecule has 0 aliphatic rings. The molecule has 0 radical (unpaired) electrons. The normalized spacial score (nSPS) is 10.6. The summed E-state index contributed by atoms with van der Waals surface area (Å²) in [4.78, 5) is 4.52. The number of nitrogens with one attached hydrogen (secondary N) is 1. The maximum atomic E-state index is 5.90. The largest absolute Gasteiger partial charge is 0.487 e. The van der Waals surface area contributed by atoms with Crippen LogP contribution in [0.2, 0.25) is 5.02 Å². The summed E-state index contributed by atoms with van der Waals surface area (Å²) >= 11 is 7.56. The number of thiazole rings is 1. The molecule has 1 heterocycles. The zero-order valence-electron chi connectivity index (χ0n) is 10.9. The van der Waals surface area contributed by atoms with Crippen LogP contribution in [0.5, 0.6) is 5.75 Å². The fourth-order valence-corrected chi connectivity index (χ4v) is 2.51. The van der Waals surface area contributed by atoms with Crippen LogP contribution in [0.15, 0.2) is 29.6 Å². The Bertz CT molecular complexity index is 516. The van der Waals surface area contributed by atoms with E-state index >= 15 is 0 Å². The van der Waals surface area contributed by atoms with Crippen molar-refractivity contribution >= 4 is 22.9 Å². The molecule has 1 aromatic heterocycles. The lowest BCUT2D eigenvalue weighted by Gasteiger charge is -2.04. The zero-order valence-corrected chi connectivity index (χ0v) is 12.4. The average Bonchev–Trinajstić information content (AvgIpc) is 2.85. The third-order valence-electron chi connectivity index (χ3n) is 2.49. The third kappa shape index (κ3) is 4.82. The quantitative estimate of drug-likeness (QED) is 0.788. The molecule has 0 aliphatic heterocycles. The Morgan fingerprint density at radius 1 is 1.42 bits per heavy atom. The fraction of sp³-hybridized carbons (Fsp3) is 0.357. The Morgan fingerprint density at radius 3 is 3.11 bits per heavy atom. The number of ether oxygens (including phenoxy) is 1. The molecule has 0 aliphatic carbocycles. The van der Waals surface area contributed by atoms with Crippen LogP contribution in [0.25, 0.3) is 0 Å². The van der Waals surface area contributed by atoms with Crippen molar-refractivity contribution in [2.75, 3.05) is 6.54 Å². The van der Waals surface area contributed by atoms with E-state index in [1.165, 1.54) is 0 Å². The van der Waals surface area contributed by atoms with Gasteiger partial charge in [-0.25, -0.2) is 4.98 Å². The van der Waals surface area contributed by atoms with Crippen molar-refractivity contribution in [1.82, 2.24) is 10.3 Å². The van der Waals surface area contributed by atoms with Gasteiger partial charge in [-0.3, -0.25) is 0 Å². The van der Waals surface area contributed by atoms with Gasteiger partial charge in [-0.1, -0.05) is 24.6 Å². The van der Waals surface area contributed by atoms with E-state index in [9.17, 15) is 0 Å². The minimum Gasteiger partial charge on any atom is -0.487 e. The van der Waals surface area contributed by atoms with Gasteiger partial charge < -0.3 is 10.1 Å². The lowest BCUT2D eigenvalue weighted by atomic mass is 10.3. The molecule has 2 rings (SSSR count). The Labute approximate surface area is 122 Å². The number of hydrogen-bond acceptors (Lipinski definition) is 4. The van der Waals surface area contributed by atoms with Gasteiger partial charge in [0.05, 0.1) is 5.69 Å². The molecule has 1 aromatic carbocycles. The maximum Gasteiger partial charge on any atom is 0.131 e. The van der Waals surface area contributed by atoms with Gasteiger partial charge in [-0.05, 0) is 31.2 Å². The molecule has 102 valence electrons. The van der Waals surface area contributed by atoms with Crippen LogP contribution in [0.1, 0.15) is 24.0 Å². The van der Waals surface area contributed by atoms with Crippen LogP contribution >= 0.6 is 22.9 Å². The van der Waals surface area contributed by atoms with Gasteiger partial charge in [0, 0.05) is 16.9 Å². The summed E-state index contributed by atoms with van der Waals surface area (Å²) in [6.45, 7) is 4.48. The van der Waals surface area contributed by atoms with Gasteiger partial charge in [0.2, 0.25) is 0 Å². The van der Waals surface area contributed by atoms with Crippen molar-refractivity contribution in [3.8, 4) is 5.75 Å². The smallest absolute Gasteiger partial charge is 0.131 e. The molecule has 2 aromatic rings. The molecule has 0 bridgehead atoms. The molecular weight excluding hydrogens is 280 g/mol. The highest BCUT2D eigenvalue weighted by atomic mass is 35.5. The molecule has 1 N–H and O–H groups in total. The number of benzene rings is 1. The van der Waals surface area contributed by atoms with Crippen molar-refractivity contribution in [2.45, 2.75) is 26.5 Å². The van der Waals surface area contributed by atoms with Crippen molar-refractivity contribution < 1.29 is 4.74 Å². The van der Waals surface area contributed by atoms with E-state index in [2.05, 4.69) is 17.2 Å². The molecule has 19 heavy (non-hydrogen) atoms. The van der Waals surface area contributed by atoms with Crippen LogP contribution in [0.4, 0.5) is 0 Å². The molecule has 0 unspecified atom stereocenters. The van der Waals surface area contributed by atoms with E-state index in [-0.39, 0.29) is 0 Å². The summed E-state index contributed by atoms with van der Waals surface area (Å²) in [5.41, 5.74) is 0.957. The standard InChI is InChI=1S/C14H17ClN2OS/c1-2-6-16-8-14-17-12(10-19-14)9-18-13-5-3-4-11(15)7-13/h3-5,7,10,16H,2,6,8-9H2,1H3. The van der Waals surface area contributed by atoms with Gasteiger partial charge in [0.1, 0.15) is 17.4 Å². The van der Waals surface area contributed by atoms with Crippen molar-refractivity contribution in [2.24, 2.45) is 0 Å². The fourth-order valence-electron chi connectivity index (χ4n) is 1.58. The van der Waals surface area contributed by atoms with E-state index in [1.54, 1.807) is 17.4 Å². The Morgan fingerprint density at radius 2 is 2.32 bits per heavy atom. The summed E-state index contributed by atoms with van der Waals surface area (Å²) in [6.07, 6.45) is 1.14. The molecule has 0 amide bonds. The Hall–Kier alpha value is -1.10. The summed E-state index contributed by atoms with van der Waals surface area (Å²) < 4.78 is 5.65. The third-order valence-corrected chi connectivity index (χ3v) is 3.62. The van der Waals surface area contributed by atoms with Gasteiger partial charge in [-0.15, -0.1) is 11.3 Å².